The highest BCUT2D eigenvalue weighted by Gasteiger charge is 2.10. The van der Waals surface area contributed by atoms with Gasteiger partial charge in [0, 0.05) is 5.69 Å². The van der Waals surface area contributed by atoms with Crippen molar-refractivity contribution in [3.63, 3.8) is 0 Å². The molecule has 0 unspecified atom stereocenters. The van der Waals surface area contributed by atoms with E-state index in [1.165, 1.54) is 18.2 Å². The third kappa shape index (κ3) is 4.97. The fourth-order valence-electron chi connectivity index (χ4n) is 2.35. The Balaban J connectivity index is 1.77. The summed E-state index contributed by atoms with van der Waals surface area (Å²) in [6.07, 6.45) is 1.49. The van der Waals surface area contributed by atoms with Crippen LogP contribution in [0.5, 0.6) is 17.2 Å². The van der Waals surface area contributed by atoms with Crippen LogP contribution in [0, 0.1) is 11.3 Å². The van der Waals surface area contributed by atoms with Crippen LogP contribution in [-0.4, -0.2) is 11.0 Å². The number of nitrogens with zero attached hydrogens (tertiary/aromatic N) is 1. The minimum absolute atomic E-state index is 0.0417. The molecule has 3 rings (SSSR count). The quantitative estimate of drug-likeness (QED) is 0.393. The number of ether oxygens (including phenoxy) is 1. The SMILES string of the molecule is N#CC(=Cc1cccc(Oc2ccccc2)c1)C(=O)Nc1ccc(O)cc1. The van der Waals surface area contributed by atoms with Crippen molar-refractivity contribution in [2.24, 2.45) is 0 Å². The molecule has 0 heterocycles. The number of nitrogens with one attached hydrogen (secondary N) is 1. The highest BCUT2D eigenvalue weighted by atomic mass is 16.5. The summed E-state index contributed by atoms with van der Waals surface area (Å²) in [5, 5.41) is 21.2. The molecule has 0 spiro atoms. The van der Waals surface area contributed by atoms with E-state index in [4.69, 9.17) is 4.74 Å². The van der Waals surface area contributed by atoms with Crippen LogP contribution >= 0.6 is 0 Å². The van der Waals surface area contributed by atoms with Crippen molar-refractivity contribution in [1.29, 1.82) is 5.26 Å². The lowest BCUT2D eigenvalue weighted by Crippen LogP contribution is -2.13. The Labute approximate surface area is 156 Å². The first kappa shape index (κ1) is 17.8. The molecule has 0 atom stereocenters. The maximum Gasteiger partial charge on any atom is 0.266 e. The summed E-state index contributed by atoms with van der Waals surface area (Å²) >= 11 is 0. The molecule has 0 saturated heterocycles. The van der Waals surface area contributed by atoms with Crippen molar-refractivity contribution < 1.29 is 14.6 Å². The molecule has 2 N–H and O–H groups in total. The molecule has 0 radical (unpaired) electrons. The Kier molecular flexibility index (Phi) is 5.51. The predicted octanol–water partition coefficient (Wildman–Crippen LogP) is 4.73. The first-order valence-corrected chi connectivity index (χ1v) is 8.19. The first-order valence-electron chi connectivity index (χ1n) is 8.19. The van der Waals surface area contributed by atoms with Crippen LogP contribution in [0.2, 0.25) is 0 Å². The van der Waals surface area contributed by atoms with E-state index in [1.807, 2.05) is 36.4 Å². The Morgan fingerprint density at radius 3 is 2.37 bits per heavy atom. The van der Waals surface area contributed by atoms with E-state index in [1.54, 1.807) is 36.4 Å². The number of para-hydroxylation sites is 1. The van der Waals surface area contributed by atoms with E-state index in [0.29, 0.717) is 22.7 Å². The summed E-state index contributed by atoms with van der Waals surface area (Å²) in [5.41, 5.74) is 1.11. The van der Waals surface area contributed by atoms with Gasteiger partial charge in [0.05, 0.1) is 0 Å². The normalized spacial score (nSPS) is 10.7. The van der Waals surface area contributed by atoms with Crippen LogP contribution in [0.25, 0.3) is 6.08 Å². The molecular formula is C22H16N2O3. The van der Waals surface area contributed by atoms with E-state index in [9.17, 15) is 15.2 Å². The molecule has 0 aliphatic heterocycles. The van der Waals surface area contributed by atoms with Gasteiger partial charge in [0.1, 0.15) is 28.9 Å². The number of carbonyl (C=O) groups is 1. The summed E-state index contributed by atoms with van der Waals surface area (Å²) in [4.78, 5) is 12.3. The van der Waals surface area contributed by atoms with E-state index in [2.05, 4.69) is 5.32 Å². The number of benzene rings is 3. The molecule has 0 aromatic heterocycles. The molecule has 5 heteroatoms. The lowest BCUT2D eigenvalue weighted by Gasteiger charge is -2.07. The van der Waals surface area contributed by atoms with E-state index in [-0.39, 0.29) is 11.3 Å². The molecule has 0 saturated carbocycles. The Hall–Kier alpha value is -4.04. The molecule has 0 bridgehead atoms. The smallest absolute Gasteiger partial charge is 0.266 e. The number of amides is 1. The highest BCUT2D eigenvalue weighted by Crippen LogP contribution is 2.23. The number of carbonyl (C=O) groups excluding carboxylic acids is 1. The van der Waals surface area contributed by atoms with Gasteiger partial charge in [-0.1, -0.05) is 30.3 Å². The standard InChI is InChI=1S/C22H16N2O3/c23-15-17(22(26)24-18-9-11-19(25)12-10-18)13-16-5-4-8-21(14-16)27-20-6-2-1-3-7-20/h1-14,25H,(H,24,26). The monoisotopic (exact) mass is 356 g/mol. The summed E-state index contributed by atoms with van der Waals surface area (Å²) in [5.74, 6) is 0.868. The molecule has 3 aromatic rings. The molecular weight excluding hydrogens is 340 g/mol. The summed E-state index contributed by atoms with van der Waals surface area (Å²) in [6, 6.07) is 24.4. The lowest BCUT2D eigenvalue weighted by molar-refractivity contribution is -0.112. The first-order chi connectivity index (χ1) is 13.1. The number of hydrogen-bond acceptors (Lipinski definition) is 4. The number of rotatable bonds is 5. The molecule has 0 aliphatic rings. The number of nitriles is 1. The Bertz CT molecular complexity index is 1000. The second-order valence-electron chi connectivity index (χ2n) is 5.66. The van der Waals surface area contributed by atoms with Crippen molar-refractivity contribution in [3.8, 4) is 23.3 Å². The van der Waals surface area contributed by atoms with Crippen LogP contribution in [0.1, 0.15) is 5.56 Å². The molecule has 5 nitrogen and oxygen atoms in total. The number of anilines is 1. The summed E-state index contributed by atoms with van der Waals surface area (Å²) < 4.78 is 5.77. The Morgan fingerprint density at radius 2 is 1.67 bits per heavy atom. The molecule has 0 fully saturated rings. The third-order valence-corrected chi connectivity index (χ3v) is 3.64. The second kappa shape index (κ2) is 8.37. The van der Waals surface area contributed by atoms with Crippen LogP contribution in [0.15, 0.2) is 84.4 Å². The van der Waals surface area contributed by atoms with Gasteiger partial charge >= 0.3 is 0 Å². The average molecular weight is 356 g/mol. The van der Waals surface area contributed by atoms with Crippen LogP contribution in [0.4, 0.5) is 5.69 Å². The van der Waals surface area contributed by atoms with Gasteiger partial charge < -0.3 is 15.2 Å². The number of phenols is 1. The number of phenolic OH excluding ortho intramolecular Hbond substituents is 1. The maximum absolute atomic E-state index is 12.3. The molecule has 0 aliphatic carbocycles. The van der Waals surface area contributed by atoms with Gasteiger partial charge in [-0.25, -0.2) is 0 Å². The number of hydrogen-bond donors (Lipinski definition) is 2. The van der Waals surface area contributed by atoms with Gasteiger partial charge in [-0.3, -0.25) is 4.79 Å². The van der Waals surface area contributed by atoms with E-state index < -0.39 is 5.91 Å². The summed E-state index contributed by atoms with van der Waals surface area (Å²) in [6.45, 7) is 0. The Morgan fingerprint density at radius 1 is 0.963 bits per heavy atom. The molecule has 27 heavy (non-hydrogen) atoms. The van der Waals surface area contributed by atoms with Crippen molar-refractivity contribution >= 4 is 17.7 Å². The van der Waals surface area contributed by atoms with Gasteiger partial charge in [0.15, 0.2) is 0 Å². The third-order valence-electron chi connectivity index (χ3n) is 3.64. The average Bonchev–Trinajstić information content (AvgIpc) is 2.69. The van der Waals surface area contributed by atoms with Crippen molar-refractivity contribution in [2.45, 2.75) is 0 Å². The second-order valence-corrected chi connectivity index (χ2v) is 5.66. The number of aromatic hydroxyl groups is 1. The minimum Gasteiger partial charge on any atom is -0.508 e. The zero-order valence-electron chi connectivity index (χ0n) is 14.3. The summed E-state index contributed by atoms with van der Waals surface area (Å²) in [7, 11) is 0. The zero-order valence-corrected chi connectivity index (χ0v) is 14.3. The fraction of sp³-hybridized carbons (Fsp3) is 0. The van der Waals surface area contributed by atoms with Gasteiger partial charge in [-0.05, 0) is 60.2 Å². The van der Waals surface area contributed by atoms with Gasteiger partial charge in [0.25, 0.3) is 5.91 Å². The van der Waals surface area contributed by atoms with Crippen molar-refractivity contribution in [2.75, 3.05) is 5.32 Å². The highest BCUT2D eigenvalue weighted by molar-refractivity contribution is 6.09. The molecule has 3 aromatic carbocycles. The topological polar surface area (TPSA) is 82.3 Å². The van der Waals surface area contributed by atoms with Crippen LogP contribution < -0.4 is 10.1 Å². The molecule has 132 valence electrons. The van der Waals surface area contributed by atoms with Crippen LogP contribution in [-0.2, 0) is 4.79 Å². The fourth-order valence-corrected chi connectivity index (χ4v) is 2.35. The van der Waals surface area contributed by atoms with Crippen LogP contribution in [0.3, 0.4) is 0 Å². The van der Waals surface area contributed by atoms with E-state index >= 15 is 0 Å². The lowest BCUT2D eigenvalue weighted by atomic mass is 10.1. The largest absolute Gasteiger partial charge is 0.508 e. The predicted molar refractivity (Wildman–Crippen MR) is 103 cm³/mol. The maximum atomic E-state index is 12.3. The van der Waals surface area contributed by atoms with E-state index in [0.717, 1.165) is 0 Å². The van der Waals surface area contributed by atoms with Gasteiger partial charge in [-0.2, -0.15) is 5.26 Å². The van der Waals surface area contributed by atoms with Crippen molar-refractivity contribution in [1.82, 2.24) is 0 Å². The van der Waals surface area contributed by atoms with Gasteiger partial charge in [0.2, 0.25) is 0 Å². The van der Waals surface area contributed by atoms with Gasteiger partial charge in [-0.15, -0.1) is 0 Å². The minimum atomic E-state index is -0.530. The van der Waals surface area contributed by atoms with Crippen molar-refractivity contribution in [3.05, 3.63) is 90.0 Å². The zero-order chi connectivity index (χ0) is 19.1. The molecule has 1 amide bonds.